The second-order valence-corrected chi connectivity index (χ2v) is 9.48. The van der Waals surface area contributed by atoms with Gasteiger partial charge >= 0.3 is 0 Å². The SMILES string of the molecule is CCCCc1ccc(C23CCC(C#Cc4ccc(OCCC)cc4)(CC2)CC3)cc1. The van der Waals surface area contributed by atoms with Crippen LogP contribution in [0.4, 0.5) is 0 Å². The van der Waals surface area contributed by atoms with E-state index in [1.54, 1.807) is 5.56 Å². The van der Waals surface area contributed by atoms with Gasteiger partial charge in [-0.2, -0.15) is 0 Å². The first kappa shape index (κ1) is 21.0. The van der Waals surface area contributed by atoms with E-state index >= 15 is 0 Å². The van der Waals surface area contributed by atoms with Crippen LogP contribution in [0.2, 0.25) is 0 Å². The fourth-order valence-electron chi connectivity index (χ4n) is 5.27. The first-order valence-electron chi connectivity index (χ1n) is 12.0. The van der Waals surface area contributed by atoms with Gasteiger partial charge in [0.15, 0.2) is 0 Å². The molecule has 0 aromatic heterocycles. The van der Waals surface area contributed by atoms with Gasteiger partial charge in [0.2, 0.25) is 0 Å². The maximum atomic E-state index is 5.68. The molecule has 5 rings (SSSR count). The monoisotopic (exact) mass is 400 g/mol. The molecule has 30 heavy (non-hydrogen) atoms. The van der Waals surface area contributed by atoms with E-state index in [1.165, 1.54) is 63.4 Å². The number of ether oxygens (including phenoxy) is 1. The molecule has 0 saturated heterocycles. The lowest BCUT2D eigenvalue weighted by atomic mass is 9.52. The number of aryl methyl sites for hydroxylation is 1. The summed E-state index contributed by atoms with van der Waals surface area (Å²) >= 11 is 0. The van der Waals surface area contributed by atoms with Crippen LogP contribution in [0.1, 0.15) is 88.3 Å². The minimum atomic E-state index is 0.236. The summed E-state index contributed by atoms with van der Waals surface area (Å²) in [5.74, 6) is 8.15. The summed E-state index contributed by atoms with van der Waals surface area (Å²) in [7, 11) is 0. The zero-order valence-electron chi connectivity index (χ0n) is 18.8. The lowest BCUT2D eigenvalue weighted by Gasteiger charge is -2.51. The number of fused-ring (bicyclic) bond motifs is 3. The third kappa shape index (κ3) is 4.59. The fraction of sp³-hybridized carbons (Fsp3) is 0.517. The second kappa shape index (κ2) is 9.30. The van der Waals surface area contributed by atoms with E-state index in [0.717, 1.165) is 24.3 Å². The predicted octanol–water partition coefficient (Wildman–Crippen LogP) is 7.46. The van der Waals surface area contributed by atoms with Gasteiger partial charge in [0.1, 0.15) is 5.75 Å². The summed E-state index contributed by atoms with van der Waals surface area (Å²) in [5, 5.41) is 0. The first-order chi connectivity index (χ1) is 14.7. The molecule has 0 spiro atoms. The molecule has 0 atom stereocenters. The smallest absolute Gasteiger partial charge is 0.119 e. The summed E-state index contributed by atoms with van der Waals surface area (Å²) in [6, 6.07) is 17.9. The van der Waals surface area contributed by atoms with Crippen molar-refractivity contribution in [2.75, 3.05) is 6.61 Å². The highest BCUT2D eigenvalue weighted by atomic mass is 16.5. The molecule has 0 unspecified atom stereocenters. The Labute approximate surface area is 183 Å². The van der Waals surface area contributed by atoms with Gasteiger partial charge in [-0.05, 0) is 98.6 Å². The van der Waals surface area contributed by atoms with Crippen molar-refractivity contribution in [3.63, 3.8) is 0 Å². The highest BCUT2D eigenvalue weighted by Gasteiger charge is 2.48. The maximum Gasteiger partial charge on any atom is 0.119 e. The van der Waals surface area contributed by atoms with Gasteiger partial charge in [-0.15, -0.1) is 0 Å². The average Bonchev–Trinajstić information content (AvgIpc) is 2.82. The van der Waals surface area contributed by atoms with Crippen LogP contribution < -0.4 is 4.74 Å². The van der Waals surface area contributed by atoms with Crippen LogP contribution in [0.25, 0.3) is 0 Å². The van der Waals surface area contributed by atoms with E-state index in [2.05, 4.69) is 62.1 Å². The van der Waals surface area contributed by atoms with E-state index in [0.29, 0.717) is 5.41 Å². The van der Waals surface area contributed by atoms with E-state index in [9.17, 15) is 0 Å². The summed E-state index contributed by atoms with van der Waals surface area (Å²) in [4.78, 5) is 0. The van der Waals surface area contributed by atoms with E-state index < -0.39 is 0 Å². The van der Waals surface area contributed by atoms with Gasteiger partial charge in [-0.1, -0.05) is 56.4 Å². The number of hydrogen-bond acceptors (Lipinski definition) is 1. The third-order valence-electron chi connectivity index (χ3n) is 7.43. The molecular formula is C29H36O. The van der Waals surface area contributed by atoms with Crippen LogP contribution in [0, 0.1) is 17.3 Å². The largest absolute Gasteiger partial charge is 0.494 e. The molecule has 3 aliphatic rings. The first-order valence-corrected chi connectivity index (χ1v) is 12.0. The van der Waals surface area contributed by atoms with E-state index in [1.807, 2.05) is 12.1 Å². The Hall–Kier alpha value is -2.20. The van der Waals surface area contributed by atoms with Crippen LogP contribution in [0.15, 0.2) is 48.5 Å². The molecule has 0 aliphatic heterocycles. The topological polar surface area (TPSA) is 9.23 Å². The lowest BCUT2D eigenvalue weighted by molar-refractivity contribution is 0.0865. The minimum absolute atomic E-state index is 0.236. The van der Waals surface area contributed by atoms with Crippen molar-refractivity contribution < 1.29 is 4.74 Å². The van der Waals surface area contributed by atoms with Crippen LogP contribution in [-0.4, -0.2) is 6.61 Å². The van der Waals surface area contributed by atoms with Crippen molar-refractivity contribution in [1.82, 2.24) is 0 Å². The number of hydrogen-bond donors (Lipinski definition) is 0. The second-order valence-electron chi connectivity index (χ2n) is 9.48. The van der Waals surface area contributed by atoms with Crippen molar-refractivity contribution in [3.8, 4) is 17.6 Å². The highest BCUT2D eigenvalue weighted by molar-refractivity contribution is 5.40. The Morgan fingerprint density at radius 3 is 2.07 bits per heavy atom. The molecule has 2 aromatic rings. The van der Waals surface area contributed by atoms with Crippen LogP contribution in [0.3, 0.4) is 0 Å². The molecule has 3 saturated carbocycles. The Kier molecular flexibility index (Phi) is 6.52. The molecule has 158 valence electrons. The molecule has 3 fully saturated rings. The number of rotatable bonds is 7. The van der Waals surface area contributed by atoms with Crippen molar-refractivity contribution in [1.29, 1.82) is 0 Å². The summed E-state index contributed by atoms with van der Waals surface area (Å²) in [6.07, 6.45) is 12.4. The Morgan fingerprint density at radius 1 is 0.800 bits per heavy atom. The van der Waals surface area contributed by atoms with Crippen molar-refractivity contribution >= 4 is 0 Å². The molecule has 0 radical (unpaired) electrons. The van der Waals surface area contributed by atoms with Gasteiger partial charge in [0, 0.05) is 11.0 Å². The predicted molar refractivity (Wildman–Crippen MR) is 126 cm³/mol. The molecule has 1 heteroatoms. The van der Waals surface area contributed by atoms with Gasteiger partial charge in [-0.3, -0.25) is 0 Å². The number of benzene rings is 2. The number of unbranched alkanes of at least 4 members (excludes halogenated alkanes) is 1. The molecule has 2 aromatic carbocycles. The van der Waals surface area contributed by atoms with Gasteiger partial charge < -0.3 is 4.74 Å². The minimum Gasteiger partial charge on any atom is -0.494 e. The zero-order valence-corrected chi connectivity index (χ0v) is 18.8. The molecule has 0 N–H and O–H groups in total. The maximum absolute atomic E-state index is 5.68. The quantitative estimate of drug-likeness (QED) is 0.438. The summed E-state index contributed by atoms with van der Waals surface area (Å²) in [6.45, 7) is 5.17. The molecule has 2 bridgehead atoms. The van der Waals surface area contributed by atoms with E-state index in [4.69, 9.17) is 4.74 Å². The zero-order chi connectivity index (χ0) is 20.9. The normalized spacial score (nSPS) is 24.9. The summed E-state index contributed by atoms with van der Waals surface area (Å²) < 4.78 is 5.68. The van der Waals surface area contributed by atoms with Crippen LogP contribution in [0.5, 0.6) is 5.75 Å². The van der Waals surface area contributed by atoms with Crippen molar-refractivity contribution in [2.45, 2.75) is 83.5 Å². The molecule has 1 nitrogen and oxygen atoms in total. The Bertz CT molecular complexity index is 854. The molecule has 0 amide bonds. The lowest BCUT2D eigenvalue weighted by Crippen LogP contribution is -2.43. The van der Waals surface area contributed by atoms with Gasteiger partial charge in [0.05, 0.1) is 6.61 Å². The molecular weight excluding hydrogens is 364 g/mol. The standard InChI is InChI=1S/C29H36O/c1-3-5-6-24-7-11-26(12-8-24)29-20-17-28(18-21-29,19-22-29)16-15-25-9-13-27(14-10-25)30-23-4-2/h7-14H,3-6,17-23H2,1-2H3. The van der Waals surface area contributed by atoms with Gasteiger partial charge in [0.25, 0.3) is 0 Å². The van der Waals surface area contributed by atoms with Crippen molar-refractivity contribution in [2.24, 2.45) is 5.41 Å². The average molecular weight is 401 g/mol. The van der Waals surface area contributed by atoms with Gasteiger partial charge in [-0.25, -0.2) is 0 Å². The fourth-order valence-corrected chi connectivity index (χ4v) is 5.27. The van der Waals surface area contributed by atoms with Crippen molar-refractivity contribution in [3.05, 3.63) is 65.2 Å². The third-order valence-corrected chi connectivity index (χ3v) is 7.43. The van der Waals surface area contributed by atoms with Crippen LogP contribution in [-0.2, 0) is 11.8 Å². The van der Waals surface area contributed by atoms with E-state index in [-0.39, 0.29) is 5.41 Å². The highest BCUT2D eigenvalue weighted by Crippen LogP contribution is 2.57. The van der Waals surface area contributed by atoms with Crippen LogP contribution >= 0.6 is 0 Å². The Morgan fingerprint density at radius 2 is 1.47 bits per heavy atom. The molecule has 0 heterocycles. The molecule has 3 aliphatic carbocycles. The Balaban J connectivity index is 1.40. The summed E-state index contributed by atoms with van der Waals surface area (Å²) in [5.41, 5.74) is 4.82.